The summed E-state index contributed by atoms with van der Waals surface area (Å²) < 4.78 is 5.34. The number of anilines is 1. The number of hydrogen-bond acceptors (Lipinski definition) is 3. The molecule has 88 valence electrons. The minimum atomic E-state index is 0.314. The summed E-state index contributed by atoms with van der Waals surface area (Å²) in [5.74, 6) is 0.314. The first-order chi connectivity index (χ1) is 7.78. The van der Waals surface area contributed by atoms with Gasteiger partial charge in [0, 0.05) is 18.8 Å². The molecule has 0 aliphatic heterocycles. The van der Waals surface area contributed by atoms with E-state index >= 15 is 0 Å². The van der Waals surface area contributed by atoms with Gasteiger partial charge in [-0.1, -0.05) is 0 Å². The summed E-state index contributed by atoms with van der Waals surface area (Å²) in [4.78, 5) is 0. The zero-order valence-corrected chi connectivity index (χ0v) is 9.65. The molecule has 0 atom stereocenters. The average molecular weight is 221 g/mol. The van der Waals surface area contributed by atoms with Crippen molar-refractivity contribution in [3.05, 3.63) is 24.3 Å². The van der Waals surface area contributed by atoms with E-state index in [0.717, 1.165) is 31.4 Å². The Balaban J connectivity index is 1.84. The average Bonchev–Trinajstić information content (AvgIpc) is 2.33. The van der Waals surface area contributed by atoms with Crippen molar-refractivity contribution in [1.82, 2.24) is 0 Å². The summed E-state index contributed by atoms with van der Waals surface area (Å²) in [5.41, 5.74) is 1.08. The molecule has 2 N–H and O–H groups in total. The van der Waals surface area contributed by atoms with Gasteiger partial charge < -0.3 is 15.2 Å². The Kier molecular flexibility index (Phi) is 3.67. The first-order valence-electron chi connectivity index (χ1n) is 5.86. The van der Waals surface area contributed by atoms with Crippen LogP contribution in [0.4, 0.5) is 5.69 Å². The second kappa shape index (κ2) is 5.21. The maximum atomic E-state index is 9.18. The Labute approximate surface area is 96.4 Å². The van der Waals surface area contributed by atoms with Gasteiger partial charge in [-0.15, -0.1) is 0 Å². The van der Waals surface area contributed by atoms with E-state index in [1.54, 1.807) is 19.2 Å². The van der Waals surface area contributed by atoms with Crippen LogP contribution in [0.2, 0.25) is 0 Å². The second-order valence-corrected chi connectivity index (χ2v) is 4.40. The molecular formula is C13H19NO2. The zero-order chi connectivity index (χ0) is 11.4. The predicted molar refractivity (Wildman–Crippen MR) is 64.8 cm³/mol. The normalized spacial score (nSPS) is 25.3. The van der Waals surface area contributed by atoms with Crippen molar-refractivity contribution in [2.24, 2.45) is 0 Å². The molecule has 0 heterocycles. The molecule has 3 heteroatoms. The van der Waals surface area contributed by atoms with Crippen LogP contribution < -0.4 is 5.32 Å². The van der Waals surface area contributed by atoms with E-state index in [1.807, 2.05) is 12.1 Å². The summed E-state index contributed by atoms with van der Waals surface area (Å²) in [6.07, 6.45) is 5.01. The van der Waals surface area contributed by atoms with Gasteiger partial charge >= 0.3 is 0 Å². The van der Waals surface area contributed by atoms with E-state index in [1.165, 1.54) is 0 Å². The molecule has 0 unspecified atom stereocenters. The number of rotatable bonds is 3. The topological polar surface area (TPSA) is 41.5 Å². The number of ether oxygens (including phenoxy) is 1. The van der Waals surface area contributed by atoms with Crippen molar-refractivity contribution in [1.29, 1.82) is 0 Å². The van der Waals surface area contributed by atoms with Crippen LogP contribution in [0.25, 0.3) is 0 Å². The Morgan fingerprint density at radius 3 is 2.31 bits per heavy atom. The highest BCUT2D eigenvalue weighted by Crippen LogP contribution is 2.24. The largest absolute Gasteiger partial charge is 0.508 e. The van der Waals surface area contributed by atoms with E-state index in [0.29, 0.717) is 17.9 Å². The van der Waals surface area contributed by atoms with E-state index in [9.17, 15) is 5.11 Å². The number of phenols is 1. The van der Waals surface area contributed by atoms with Crippen LogP contribution >= 0.6 is 0 Å². The molecule has 1 aromatic rings. The third kappa shape index (κ3) is 2.89. The molecule has 2 rings (SSSR count). The zero-order valence-electron chi connectivity index (χ0n) is 9.65. The minimum absolute atomic E-state index is 0.314. The van der Waals surface area contributed by atoms with Crippen LogP contribution in [-0.2, 0) is 4.74 Å². The SMILES string of the molecule is COC1CCC(Nc2ccc(O)cc2)CC1. The summed E-state index contributed by atoms with van der Waals surface area (Å²) in [7, 11) is 1.79. The van der Waals surface area contributed by atoms with Crippen LogP contribution in [0, 0.1) is 0 Å². The minimum Gasteiger partial charge on any atom is -0.508 e. The molecule has 1 saturated carbocycles. The van der Waals surface area contributed by atoms with Crippen LogP contribution in [0.5, 0.6) is 5.75 Å². The molecule has 1 aliphatic carbocycles. The molecular weight excluding hydrogens is 202 g/mol. The van der Waals surface area contributed by atoms with Crippen molar-refractivity contribution >= 4 is 5.69 Å². The molecule has 0 spiro atoms. The number of aromatic hydroxyl groups is 1. The lowest BCUT2D eigenvalue weighted by Crippen LogP contribution is -2.29. The number of hydrogen-bond donors (Lipinski definition) is 2. The van der Waals surface area contributed by atoms with Gasteiger partial charge in [-0.2, -0.15) is 0 Å². The summed E-state index contributed by atoms with van der Waals surface area (Å²) >= 11 is 0. The van der Waals surface area contributed by atoms with E-state index in [-0.39, 0.29) is 0 Å². The number of benzene rings is 1. The summed E-state index contributed by atoms with van der Waals surface area (Å²) in [6.45, 7) is 0. The quantitative estimate of drug-likeness (QED) is 0.771. The maximum absolute atomic E-state index is 9.18. The van der Waals surface area contributed by atoms with Crippen molar-refractivity contribution in [3.8, 4) is 5.75 Å². The maximum Gasteiger partial charge on any atom is 0.115 e. The molecule has 0 radical (unpaired) electrons. The van der Waals surface area contributed by atoms with Crippen molar-refractivity contribution in [2.75, 3.05) is 12.4 Å². The Morgan fingerprint density at radius 1 is 1.12 bits per heavy atom. The third-order valence-electron chi connectivity index (χ3n) is 3.25. The molecule has 0 saturated heterocycles. The van der Waals surface area contributed by atoms with Crippen molar-refractivity contribution in [3.63, 3.8) is 0 Å². The van der Waals surface area contributed by atoms with Gasteiger partial charge in [0.1, 0.15) is 5.75 Å². The highest BCUT2D eigenvalue weighted by molar-refractivity contribution is 5.46. The van der Waals surface area contributed by atoms with Gasteiger partial charge in [0.25, 0.3) is 0 Å². The van der Waals surface area contributed by atoms with E-state index < -0.39 is 0 Å². The van der Waals surface area contributed by atoms with Gasteiger partial charge in [0.15, 0.2) is 0 Å². The fraction of sp³-hybridized carbons (Fsp3) is 0.538. The van der Waals surface area contributed by atoms with Crippen LogP contribution in [0.1, 0.15) is 25.7 Å². The molecule has 1 aromatic carbocycles. The lowest BCUT2D eigenvalue weighted by molar-refractivity contribution is 0.0682. The fourth-order valence-corrected chi connectivity index (χ4v) is 2.24. The number of phenolic OH excluding ortho intramolecular Hbond substituents is 1. The Bertz CT molecular complexity index is 315. The monoisotopic (exact) mass is 221 g/mol. The van der Waals surface area contributed by atoms with Gasteiger partial charge in [-0.3, -0.25) is 0 Å². The van der Waals surface area contributed by atoms with Gasteiger partial charge in [-0.25, -0.2) is 0 Å². The Hall–Kier alpha value is -1.22. The van der Waals surface area contributed by atoms with Crippen LogP contribution in [0.3, 0.4) is 0 Å². The molecule has 0 aromatic heterocycles. The first kappa shape index (κ1) is 11.3. The number of nitrogens with one attached hydrogen (secondary N) is 1. The second-order valence-electron chi connectivity index (χ2n) is 4.40. The molecule has 0 bridgehead atoms. The highest BCUT2D eigenvalue weighted by Gasteiger charge is 2.20. The van der Waals surface area contributed by atoms with Gasteiger partial charge in [0.05, 0.1) is 6.10 Å². The number of methoxy groups -OCH3 is 1. The third-order valence-corrected chi connectivity index (χ3v) is 3.25. The van der Waals surface area contributed by atoms with Crippen molar-refractivity contribution < 1.29 is 9.84 Å². The van der Waals surface area contributed by atoms with Crippen LogP contribution in [0.15, 0.2) is 24.3 Å². The smallest absolute Gasteiger partial charge is 0.115 e. The summed E-state index contributed by atoms with van der Waals surface area (Å²) in [5, 5.41) is 12.7. The predicted octanol–water partition coefficient (Wildman–Crippen LogP) is 2.76. The molecule has 1 aliphatic rings. The molecule has 1 fully saturated rings. The molecule has 16 heavy (non-hydrogen) atoms. The van der Waals surface area contributed by atoms with E-state index in [4.69, 9.17) is 4.74 Å². The molecule has 3 nitrogen and oxygen atoms in total. The lowest BCUT2D eigenvalue weighted by atomic mass is 9.93. The Morgan fingerprint density at radius 2 is 1.75 bits per heavy atom. The fourth-order valence-electron chi connectivity index (χ4n) is 2.24. The molecule has 0 amide bonds. The van der Waals surface area contributed by atoms with E-state index in [2.05, 4.69) is 5.32 Å². The standard InChI is InChI=1S/C13H19NO2/c1-16-13-8-4-11(5-9-13)14-10-2-6-12(15)7-3-10/h2-3,6-7,11,13-15H,4-5,8-9H2,1H3. The lowest BCUT2D eigenvalue weighted by Gasteiger charge is -2.28. The first-order valence-corrected chi connectivity index (χ1v) is 5.86. The van der Waals surface area contributed by atoms with Gasteiger partial charge in [-0.05, 0) is 49.9 Å². The summed E-state index contributed by atoms with van der Waals surface area (Å²) in [6, 6.07) is 7.79. The van der Waals surface area contributed by atoms with Crippen molar-refractivity contribution in [2.45, 2.75) is 37.8 Å². The van der Waals surface area contributed by atoms with Crippen LogP contribution in [-0.4, -0.2) is 24.4 Å². The highest BCUT2D eigenvalue weighted by atomic mass is 16.5. The van der Waals surface area contributed by atoms with Gasteiger partial charge in [0.2, 0.25) is 0 Å².